The molecule has 0 spiro atoms. The fourth-order valence-corrected chi connectivity index (χ4v) is 4.73. The number of aromatic nitrogens is 4. The molecule has 0 amide bonds. The Kier molecular flexibility index (Phi) is 6.61. The lowest BCUT2D eigenvalue weighted by atomic mass is 10.1. The number of carbonyl (C=O) groups excluding carboxylic acids is 1. The number of nitrogens with one attached hydrogen (secondary N) is 1. The monoisotopic (exact) mass is 500 g/mol. The third-order valence-electron chi connectivity index (χ3n) is 4.96. The molecule has 0 saturated carbocycles. The molecule has 0 aliphatic rings. The number of nitrogen functional groups attached to an aromatic ring is 1. The molecule has 0 atom stereocenters. The van der Waals surface area contributed by atoms with Crippen LogP contribution in [0.4, 0.5) is 17.6 Å². The summed E-state index contributed by atoms with van der Waals surface area (Å²) in [6.07, 6.45) is 1.28. The van der Waals surface area contributed by atoms with Gasteiger partial charge in [0.2, 0.25) is 27.1 Å². The van der Waals surface area contributed by atoms with Crippen molar-refractivity contribution >= 4 is 54.9 Å². The number of ketones is 1. The normalized spacial score (nSPS) is 11.9. The fourth-order valence-electron chi connectivity index (χ4n) is 3.25. The zero-order valence-electron chi connectivity index (χ0n) is 18.6. The van der Waals surface area contributed by atoms with Gasteiger partial charge in [-0.3, -0.25) is 4.79 Å². The van der Waals surface area contributed by atoms with E-state index in [0.29, 0.717) is 22.8 Å². The number of benzene rings is 2. The number of Topliss-reactive ketones (excluding diaryl/α,β-unsaturated/α-hetero) is 1. The van der Waals surface area contributed by atoms with Crippen molar-refractivity contribution in [1.29, 1.82) is 0 Å². The van der Waals surface area contributed by atoms with Crippen LogP contribution in [0.1, 0.15) is 23.2 Å². The molecule has 34 heavy (non-hydrogen) atoms. The maximum Gasteiger partial charge on any atom is 0.248 e. The first-order valence-corrected chi connectivity index (χ1v) is 12.7. The van der Waals surface area contributed by atoms with Crippen LogP contribution in [0.15, 0.2) is 47.4 Å². The lowest BCUT2D eigenvalue weighted by Crippen LogP contribution is -2.14. The number of primary sulfonamides is 1. The predicted octanol–water partition coefficient (Wildman–Crippen LogP) is 2.37. The predicted molar refractivity (Wildman–Crippen MR) is 132 cm³/mol. The number of nitrogens with zero attached hydrogens (tertiary/aromatic N) is 5. The molecule has 0 saturated heterocycles. The van der Waals surface area contributed by atoms with Gasteiger partial charge in [-0.05, 0) is 69.5 Å². The third-order valence-corrected chi connectivity index (χ3v) is 6.88. The SMILES string of the molecule is CN(C)CCCC(=O)c1ccc2nc(-n3nc(Nc4ccc(S(N)(=O)=O)cc4)nc3N)sc2c1. The topological polar surface area (TPSA) is 162 Å². The number of hydrogen-bond donors (Lipinski definition) is 3. The Labute approximate surface area is 200 Å². The summed E-state index contributed by atoms with van der Waals surface area (Å²) < 4.78 is 25.0. The van der Waals surface area contributed by atoms with E-state index in [0.717, 1.165) is 23.2 Å². The summed E-state index contributed by atoms with van der Waals surface area (Å²) >= 11 is 1.35. The highest BCUT2D eigenvalue weighted by Crippen LogP contribution is 2.28. The van der Waals surface area contributed by atoms with Gasteiger partial charge in [-0.25, -0.2) is 18.5 Å². The number of sulfonamides is 1. The number of anilines is 3. The van der Waals surface area contributed by atoms with Crippen LogP contribution in [-0.4, -0.2) is 59.5 Å². The highest BCUT2D eigenvalue weighted by molar-refractivity contribution is 7.89. The van der Waals surface area contributed by atoms with Crippen LogP contribution in [-0.2, 0) is 10.0 Å². The highest BCUT2D eigenvalue weighted by atomic mass is 32.2. The van der Waals surface area contributed by atoms with Crippen LogP contribution >= 0.6 is 11.3 Å². The summed E-state index contributed by atoms with van der Waals surface area (Å²) in [4.78, 5) is 23.3. The van der Waals surface area contributed by atoms with Crippen molar-refractivity contribution in [2.24, 2.45) is 5.14 Å². The second kappa shape index (κ2) is 9.46. The molecule has 178 valence electrons. The van der Waals surface area contributed by atoms with Crippen molar-refractivity contribution in [2.75, 3.05) is 31.7 Å². The van der Waals surface area contributed by atoms with E-state index >= 15 is 0 Å². The van der Waals surface area contributed by atoms with Crippen molar-refractivity contribution in [3.63, 3.8) is 0 Å². The van der Waals surface area contributed by atoms with Crippen LogP contribution in [0.3, 0.4) is 0 Å². The first kappa shape index (κ1) is 23.8. The number of rotatable bonds is 9. The van der Waals surface area contributed by atoms with Crippen LogP contribution in [0.2, 0.25) is 0 Å². The number of fused-ring (bicyclic) bond motifs is 1. The molecule has 0 radical (unpaired) electrons. The standard InChI is InChI=1S/C21H24N8O3S2/c1-28(2)11-3-4-17(30)13-5-10-16-18(12-13)33-21(25-16)29-19(22)26-20(27-29)24-14-6-8-15(9-7-14)34(23,31)32/h5-10,12H,3-4,11H2,1-2H3,(H2,23,31,32)(H3,22,24,26,27). The molecule has 13 heteroatoms. The highest BCUT2D eigenvalue weighted by Gasteiger charge is 2.15. The van der Waals surface area contributed by atoms with E-state index in [4.69, 9.17) is 10.9 Å². The molecule has 2 heterocycles. The fraction of sp³-hybridized carbons (Fsp3) is 0.238. The van der Waals surface area contributed by atoms with Crippen molar-refractivity contribution < 1.29 is 13.2 Å². The van der Waals surface area contributed by atoms with Gasteiger partial charge in [0, 0.05) is 17.7 Å². The van der Waals surface area contributed by atoms with E-state index in [9.17, 15) is 13.2 Å². The number of carbonyl (C=O) groups is 1. The molecular weight excluding hydrogens is 476 g/mol. The minimum absolute atomic E-state index is 0.000999. The first-order chi connectivity index (χ1) is 16.1. The van der Waals surface area contributed by atoms with Crippen molar-refractivity contribution in [3.8, 4) is 5.13 Å². The van der Waals surface area contributed by atoms with E-state index in [-0.39, 0.29) is 22.6 Å². The van der Waals surface area contributed by atoms with Gasteiger partial charge in [0.05, 0.1) is 15.1 Å². The quantitative estimate of drug-likeness (QED) is 0.293. The average molecular weight is 501 g/mol. The summed E-state index contributed by atoms with van der Waals surface area (Å²) in [5.74, 6) is 0.443. The minimum atomic E-state index is -3.77. The number of nitrogens with two attached hydrogens (primary N) is 2. The molecule has 0 aliphatic carbocycles. The molecule has 4 aromatic rings. The Morgan fingerprint density at radius 2 is 1.88 bits per heavy atom. The van der Waals surface area contributed by atoms with Gasteiger partial charge in [-0.2, -0.15) is 9.67 Å². The van der Waals surface area contributed by atoms with Gasteiger partial charge in [0.15, 0.2) is 5.78 Å². The Morgan fingerprint density at radius 1 is 1.15 bits per heavy atom. The van der Waals surface area contributed by atoms with Crippen LogP contribution in [0.5, 0.6) is 0 Å². The maximum absolute atomic E-state index is 12.5. The first-order valence-electron chi connectivity index (χ1n) is 10.3. The largest absolute Gasteiger partial charge is 0.368 e. The molecule has 0 fully saturated rings. The van der Waals surface area contributed by atoms with E-state index in [1.54, 1.807) is 18.2 Å². The molecule has 0 unspecified atom stereocenters. The van der Waals surface area contributed by atoms with Gasteiger partial charge in [0.1, 0.15) is 0 Å². The van der Waals surface area contributed by atoms with Gasteiger partial charge < -0.3 is 16.0 Å². The van der Waals surface area contributed by atoms with Crippen LogP contribution in [0.25, 0.3) is 15.3 Å². The Balaban J connectivity index is 1.52. The van der Waals surface area contributed by atoms with Crippen LogP contribution < -0.4 is 16.2 Å². The molecule has 4 rings (SSSR count). The van der Waals surface area contributed by atoms with E-state index < -0.39 is 10.0 Å². The zero-order valence-corrected chi connectivity index (χ0v) is 20.2. The van der Waals surface area contributed by atoms with Crippen molar-refractivity contribution in [2.45, 2.75) is 17.7 Å². The van der Waals surface area contributed by atoms with Crippen molar-refractivity contribution in [3.05, 3.63) is 48.0 Å². The second-order valence-corrected chi connectivity index (χ2v) is 10.5. The third kappa shape index (κ3) is 5.39. The maximum atomic E-state index is 12.5. The Bertz CT molecular complexity index is 1440. The lowest BCUT2D eigenvalue weighted by molar-refractivity contribution is 0.0977. The molecule has 5 N–H and O–H groups in total. The molecule has 11 nitrogen and oxygen atoms in total. The van der Waals surface area contributed by atoms with E-state index in [2.05, 4.69) is 25.3 Å². The second-order valence-electron chi connectivity index (χ2n) is 7.91. The summed E-state index contributed by atoms with van der Waals surface area (Å²) in [5.41, 5.74) is 7.99. The summed E-state index contributed by atoms with van der Waals surface area (Å²) in [5, 5.41) is 13.0. The summed E-state index contributed by atoms with van der Waals surface area (Å²) in [6.45, 7) is 0.858. The molecule has 0 aliphatic heterocycles. The minimum Gasteiger partial charge on any atom is -0.368 e. The Hall–Kier alpha value is -3.39. The molecule has 0 bridgehead atoms. The van der Waals surface area contributed by atoms with Gasteiger partial charge in [-0.1, -0.05) is 11.3 Å². The number of hydrogen-bond acceptors (Lipinski definition) is 10. The van der Waals surface area contributed by atoms with Gasteiger partial charge in [-0.15, -0.1) is 5.10 Å². The Morgan fingerprint density at radius 3 is 2.56 bits per heavy atom. The average Bonchev–Trinajstić information content (AvgIpc) is 3.35. The lowest BCUT2D eigenvalue weighted by Gasteiger charge is -2.08. The van der Waals surface area contributed by atoms with Gasteiger partial charge >= 0.3 is 0 Å². The summed E-state index contributed by atoms with van der Waals surface area (Å²) in [7, 11) is 0.191. The van der Waals surface area contributed by atoms with Gasteiger partial charge in [0.25, 0.3) is 0 Å². The molecular formula is C21H24N8O3S2. The molecule has 2 aromatic carbocycles. The zero-order chi connectivity index (χ0) is 24.5. The van der Waals surface area contributed by atoms with Crippen molar-refractivity contribution in [1.82, 2.24) is 24.6 Å². The smallest absolute Gasteiger partial charge is 0.248 e. The van der Waals surface area contributed by atoms with E-state index in [1.807, 2.05) is 26.2 Å². The summed E-state index contributed by atoms with van der Waals surface area (Å²) in [6, 6.07) is 11.3. The number of thiazole rings is 1. The van der Waals surface area contributed by atoms with E-state index in [1.165, 1.54) is 28.2 Å². The molecule has 2 aromatic heterocycles. The van der Waals surface area contributed by atoms with Crippen LogP contribution in [0, 0.1) is 0 Å².